The van der Waals surface area contributed by atoms with Crippen LogP contribution in [0.15, 0.2) is 30.5 Å². The van der Waals surface area contributed by atoms with Gasteiger partial charge in [-0.25, -0.2) is 9.48 Å². The summed E-state index contributed by atoms with van der Waals surface area (Å²) in [6.45, 7) is 3.79. The Hall–Kier alpha value is -2.63. The van der Waals surface area contributed by atoms with Crippen molar-refractivity contribution in [1.82, 2.24) is 15.1 Å². The maximum Gasteiger partial charge on any atom is 0.326 e. The molecule has 1 atom stereocenters. The van der Waals surface area contributed by atoms with Crippen LogP contribution in [0, 0.1) is 19.8 Å². The Labute approximate surface area is 140 Å². The number of carboxylic acid groups (broad SMARTS) is 1. The number of nitrogens with zero attached hydrogens (tertiary/aromatic N) is 2. The van der Waals surface area contributed by atoms with Crippen LogP contribution >= 0.6 is 0 Å². The summed E-state index contributed by atoms with van der Waals surface area (Å²) < 4.78 is 1.71. The molecule has 6 nitrogen and oxygen atoms in total. The van der Waals surface area contributed by atoms with E-state index in [4.69, 9.17) is 0 Å². The van der Waals surface area contributed by atoms with Gasteiger partial charge in [0.25, 0.3) is 5.91 Å². The molecule has 1 aromatic heterocycles. The van der Waals surface area contributed by atoms with Gasteiger partial charge < -0.3 is 10.4 Å². The average molecular weight is 327 g/mol. The number of amides is 1. The molecule has 1 aromatic carbocycles. The van der Waals surface area contributed by atoms with Crippen molar-refractivity contribution in [3.8, 4) is 5.69 Å². The van der Waals surface area contributed by atoms with Crippen LogP contribution in [0.2, 0.25) is 0 Å². The first-order valence-corrected chi connectivity index (χ1v) is 8.11. The van der Waals surface area contributed by atoms with E-state index in [1.807, 2.05) is 38.1 Å². The third kappa shape index (κ3) is 3.32. The summed E-state index contributed by atoms with van der Waals surface area (Å²) in [7, 11) is 0. The highest BCUT2D eigenvalue weighted by molar-refractivity contribution is 5.97. The number of carbonyl (C=O) groups is 2. The smallest absolute Gasteiger partial charge is 0.326 e. The van der Waals surface area contributed by atoms with Crippen molar-refractivity contribution in [3.63, 3.8) is 0 Å². The third-order valence-corrected chi connectivity index (χ3v) is 4.47. The minimum absolute atomic E-state index is 0.389. The van der Waals surface area contributed by atoms with Gasteiger partial charge in [-0.05, 0) is 37.8 Å². The van der Waals surface area contributed by atoms with Gasteiger partial charge >= 0.3 is 5.97 Å². The average Bonchev–Trinajstić information content (AvgIpc) is 3.28. The molecule has 0 aliphatic heterocycles. The number of aryl methyl sites for hydroxylation is 1. The fourth-order valence-electron chi connectivity index (χ4n) is 2.82. The highest BCUT2D eigenvalue weighted by Crippen LogP contribution is 2.33. The minimum atomic E-state index is -0.987. The van der Waals surface area contributed by atoms with Crippen LogP contribution < -0.4 is 5.32 Å². The number of aromatic nitrogens is 2. The second kappa shape index (κ2) is 6.47. The monoisotopic (exact) mass is 327 g/mol. The van der Waals surface area contributed by atoms with Crippen molar-refractivity contribution in [3.05, 3.63) is 47.3 Å². The van der Waals surface area contributed by atoms with E-state index >= 15 is 0 Å². The number of carbonyl (C=O) groups excluding carboxylic acids is 1. The Morgan fingerprint density at radius 2 is 2.04 bits per heavy atom. The van der Waals surface area contributed by atoms with Crippen LogP contribution in [-0.2, 0) is 4.79 Å². The lowest BCUT2D eigenvalue weighted by atomic mass is 10.1. The Balaban J connectivity index is 1.80. The van der Waals surface area contributed by atoms with E-state index in [0.717, 1.165) is 24.1 Å². The van der Waals surface area contributed by atoms with E-state index in [1.54, 1.807) is 4.68 Å². The first-order chi connectivity index (χ1) is 11.5. The lowest BCUT2D eigenvalue weighted by molar-refractivity contribution is -0.139. The molecule has 2 aromatic rings. The Morgan fingerprint density at radius 1 is 1.33 bits per heavy atom. The normalized spacial score (nSPS) is 15.1. The number of carboxylic acids is 1. The zero-order valence-corrected chi connectivity index (χ0v) is 13.8. The van der Waals surface area contributed by atoms with Crippen molar-refractivity contribution in [2.45, 2.75) is 39.2 Å². The van der Waals surface area contributed by atoms with Crippen LogP contribution in [0.1, 0.15) is 40.9 Å². The summed E-state index contributed by atoms with van der Waals surface area (Å²) in [6, 6.07) is 6.93. The maximum atomic E-state index is 12.5. The Bertz CT molecular complexity index is 778. The molecule has 1 fully saturated rings. The molecule has 0 bridgehead atoms. The molecule has 1 aliphatic rings. The molecule has 0 saturated heterocycles. The third-order valence-electron chi connectivity index (χ3n) is 4.47. The van der Waals surface area contributed by atoms with Gasteiger partial charge in [0.1, 0.15) is 6.04 Å². The van der Waals surface area contributed by atoms with Crippen molar-refractivity contribution < 1.29 is 14.7 Å². The van der Waals surface area contributed by atoms with Crippen molar-refractivity contribution >= 4 is 11.9 Å². The summed E-state index contributed by atoms with van der Waals surface area (Å²) in [5.41, 5.74) is 3.05. The van der Waals surface area contributed by atoms with E-state index in [2.05, 4.69) is 10.4 Å². The van der Waals surface area contributed by atoms with Crippen LogP contribution in [0.4, 0.5) is 0 Å². The van der Waals surface area contributed by atoms with Gasteiger partial charge in [-0.15, -0.1) is 0 Å². The number of aliphatic carboxylic acids is 1. The number of benzene rings is 1. The van der Waals surface area contributed by atoms with E-state index in [-0.39, 0.29) is 5.91 Å². The summed E-state index contributed by atoms with van der Waals surface area (Å²) in [6.07, 6.45) is 4.08. The van der Waals surface area contributed by atoms with Crippen molar-refractivity contribution in [1.29, 1.82) is 0 Å². The molecule has 24 heavy (non-hydrogen) atoms. The molecule has 1 heterocycles. The predicted molar refractivity (Wildman–Crippen MR) is 89.3 cm³/mol. The van der Waals surface area contributed by atoms with Gasteiger partial charge in [-0.1, -0.05) is 31.0 Å². The molecule has 0 spiro atoms. The highest BCUT2D eigenvalue weighted by Gasteiger charge is 2.31. The molecule has 1 saturated carbocycles. The van der Waals surface area contributed by atoms with E-state index in [1.165, 1.54) is 6.20 Å². The summed E-state index contributed by atoms with van der Waals surface area (Å²) in [5, 5.41) is 16.2. The van der Waals surface area contributed by atoms with Gasteiger partial charge in [-0.3, -0.25) is 4.79 Å². The second-order valence-electron chi connectivity index (χ2n) is 6.39. The SMILES string of the molecule is Cc1ccccc1-n1ncc(C(=O)NC(CC2CC2)C(=O)O)c1C. The van der Waals surface area contributed by atoms with Crippen LogP contribution in [0.3, 0.4) is 0 Å². The number of hydrogen-bond acceptors (Lipinski definition) is 3. The number of hydrogen-bond donors (Lipinski definition) is 2. The lowest BCUT2D eigenvalue weighted by Crippen LogP contribution is -2.41. The fraction of sp³-hybridized carbons (Fsp3) is 0.389. The first kappa shape index (κ1) is 16.2. The molecule has 3 rings (SSSR count). The molecule has 0 radical (unpaired) electrons. The van der Waals surface area contributed by atoms with E-state index < -0.39 is 12.0 Å². The standard InChI is InChI=1S/C18H21N3O3/c1-11-5-3-4-6-16(11)21-12(2)14(10-19-21)17(22)20-15(18(23)24)9-13-7-8-13/h3-6,10,13,15H,7-9H2,1-2H3,(H,20,22)(H,23,24). The molecule has 6 heteroatoms. The van der Waals surface area contributed by atoms with Crippen LogP contribution in [-0.4, -0.2) is 32.8 Å². The number of nitrogens with one attached hydrogen (secondary N) is 1. The maximum absolute atomic E-state index is 12.5. The molecular formula is C18H21N3O3. The van der Waals surface area contributed by atoms with Crippen molar-refractivity contribution in [2.75, 3.05) is 0 Å². The lowest BCUT2D eigenvalue weighted by Gasteiger charge is -2.14. The highest BCUT2D eigenvalue weighted by atomic mass is 16.4. The topological polar surface area (TPSA) is 84.2 Å². The van der Waals surface area contributed by atoms with Gasteiger partial charge in [0, 0.05) is 0 Å². The molecule has 1 unspecified atom stereocenters. The van der Waals surface area contributed by atoms with Gasteiger partial charge in [0.05, 0.1) is 23.1 Å². The molecule has 2 N–H and O–H groups in total. The van der Waals surface area contributed by atoms with E-state index in [0.29, 0.717) is 23.6 Å². The minimum Gasteiger partial charge on any atom is -0.480 e. The van der Waals surface area contributed by atoms with Crippen LogP contribution in [0.25, 0.3) is 5.69 Å². The first-order valence-electron chi connectivity index (χ1n) is 8.11. The van der Waals surface area contributed by atoms with Gasteiger partial charge in [0.2, 0.25) is 0 Å². The van der Waals surface area contributed by atoms with Gasteiger partial charge in [0.15, 0.2) is 0 Å². The summed E-state index contributed by atoms with van der Waals surface area (Å²) >= 11 is 0. The number of para-hydroxylation sites is 1. The fourth-order valence-corrected chi connectivity index (χ4v) is 2.82. The largest absolute Gasteiger partial charge is 0.480 e. The predicted octanol–water partition coefficient (Wildman–Crippen LogP) is 2.47. The zero-order valence-electron chi connectivity index (χ0n) is 13.8. The van der Waals surface area contributed by atoms with Crippen LogP contribution in [0.5, 0.6) is 0 Å². The Morgan fingerprint density at radius 3 is 2.67 bits per heavy atom. The number of rotatable bonds is 6. The molecule has 126 valence electrons. The van der Waals surface area contributed by atoms with E-state index in [9.17, 15) is 14.7 Å². The molecular weight excluding hydrogens is 306 g/mol. The summed E-state index contributed by atoms with van der Waals surface area (Å²) in [4.78, 5) is 23.8. The van der Waals surface area contributed by atoms with Crippen molar-refractivity contribution in [2.24, 2.45) is 5.92 Å². The second-order valence-corrected chi connectivity index (χ2v) is 6.39. The molecule has 1 amide bonds. The zero-order chi connectivity index (χ0) is 17.3. The summed E-state index contributed by atoms with van der Waals surface area (Å²) in [5.74, 6) is -0.957. The Kier molecular flexibility index (Phi) is 4.38. The van der Waals surface area contributed by atoms with Gasteiger partial charge in [-0.2, -0.15) is 5.10 Å². The quantitative estimate of drug-likeness (QED) is 0.853. The molecule has 1 aliphatic carbocycles.